The Bertz CT molecular complexity index is 130. The molecular weight excluding hydrogens is 206 g/mol. The van der Waals surface area contributed by atoms with E-state index in [-0.39, 0.29) is 5.91 Å². The van der Waals surface area contributed by atoms with E-state index in [0.29, 0.717) is 5.92 Å². The summed E-state index contributed by atoms with van der Waals surface area (Å²) in [4.78, 5) is 0. The molecule has 0 heterocycles. The summed E-state index contributed by atoms with van der Waals surface area (Å²) in [5, 5.41) is 3.36. The summed E-state index contributed by atoms with van der Waals surface area (Å²) in [6.45, 7) is 12.0. The largest absolute Gasteiger partial charge is 0.357 e. The van der Waals surface area contributed by atoms with E-state index in [4.69, 9.17) is 9.47 Å². The van der Waals surface area contributed by atoms with Gasteiger partial charge in [-0.25, -0.2) is 0 Å². The normalized spacial score (nSPS) is 13.4. The molecule has 0 spiro atoms. The van der Waals surface area contributed by atoms with E-state index in [9.17, 15) is 0 Å². The van der Waals surface area contributed by atoms with Gasteiger partial charge in [0.2, 0.25) is 0 Å². The molecule has 15 heavy (non-hydrogen) atoms. The quantitative estimate of drug-likeness (QED) is 0.459. The van der Waals surface area contributed by atoms with Crippen LogP contribution in [0.4, 0.5) is 0 Å². The van der Waals surface area contributed by atoms with E-state index in [1.165, 1.54) is 6.04 Å². The SMILES string of the molecule is CCNCC(C)C[Si]C(OCC)OCC. The van der Waals surface area contributed by atoms with Gasteiger partial charge in [-0.3, -0.25) is 0 Å². The van der Waals surface area contributed by atoms with Crippen LogP contribution in [0.3, 0.4) is 0 Å². The average Bonchev–Trinajstić information content (AvgIpc) is 2.23. The standard InChI is InChI=1S/C11H25NO2Si/c1-5-12-8-10(4)9-15-11(13-6-2)14-7-3/h10-12H,5-9H2,1-4H3. The van der Waals surface area contributed by atoms with Crippen LogP contribution in [0, 0.1) is 5.92 Å². The molecule has 0 fully saturated rings. The summed E-state index contributed by atoms with van der Waals surface area (Å²) in [7, 11) is 0.744. The van der Waals surface area contributed by atoms with Gasteiger partial charge in [0.25, 0.3) is 0 Å². The Hall–Kier alpha value is 0.0969. The molecule has 1 atom stereocenters. The number of hydrogen-bond donors (Lipinski definition) is 1. The van der Waals surface area contributed by atoms with Crippen molar-refractivity contribution in [3.8, 4) is 0 Å². The first-order chi connectivity index (χ1) is 7.24. The Kier molecular flexibility index (Phi) is 10.7. The summed E-state index contributed by atoms with van der Waals surface area (Å²) >= 11 is 0. The highest BCUT2D eigenvalue weighted by Gasteiger charge is 2.11. The summed E-state index contributed by atoms with van der Waals surface area (Å²) in [5.41, 5.74) is 0. The third-order valence-corrected chi connectivity index (χ3v) is 3.61. The van der Waals surface area contributed by atoms with Crippen molar-refractivity contribution in [2.24, 2.45) is 5.92 Å². The topological polar surface area (TPSA) is 30.5 Å². The number of hydrogen-bond acceptors (Lipinski definition) is 3. The van der Waals surface area contributed by atoms with Gasteiger partial charge in [-0.15, -0.1) is 0 Å². The highest BCUT2D eigenvalue weighted by Crippen LogP contribution is 2.04. The van der Waals surface area contributed by atoms with Gasteiger partial charge in [0.05, 0.1) is 0 Å². The Morgan fingerprint density at radius 2 is 1.73 bits per heavy atom. The second kappa shape index (κ2) is 10.6. The highest BCUT2D eigenvalue weighted by atomic mass is 28.2. The molecule has 2 radical (unpaired) electrons. The Morgan fingerprint density at radius 1 is 1.13 bits per heavy atom. The first kappa shape index (κ1) is 15.1. The summed E-state index contributed by atoms with van der Waals surface area (Å²) < 4.78 is 11.0. The van der Waals surface area contributed by atoms with E-state index in [1.807, 2.05) is 13.8 Å². The maximum atomic E-state index is 5.51. The van der Waals surface area contributed by atoms with Crippen molar-refractivity contribution in [2.45, 2.75) is 39.7 Å². The second-order valence-electron chi connectivity index (χ2n) is 3.56. The van der Waals surface area contributed by atoms with Crippen LogP contribution >= 0.6 is 0 Å². The average molecular weight is 231 g/mol. The van der Waals surface area contributed by atoms with Gasteiger partial charge in [-0.1, -0.05) is 19.9 Å². The van der Waals surface area contributed by atoms with Crippen LogP contribution in [0.15, 0.2) is 0 Å². The fraction of sp³-hybridized carbons (Fsp3) is 1.00. The van der Waals surface area contributed by atoms with Gasteiger partial charge in [-0.2, -0.15) is 0 Å². The van der Waals surface area contributed by atoms with Gasteiger partial charge < -0.3 is 14.8 Å². The minimum Gasteiger partial charge on any atom is -0.357 e. The summed E-state index contributed by atoms with van der Waals surface area (Å²) in [5.74, 6) is 0.718. The maximum absolute atomic E-state index is 5.51. The molecule has 4 heteroatoms. The highest BCUT2D eigenvalue weighted by molar-refractivity contribution is 6.36. The van der Waals surface area contributed by atoms with Crippen molar-refractivity contribution in [1.29, 1.82) is 0 Å². The van der Waals surface area contributed by atoms with E-state index in [1.54, 1.807) is 0 Å². The van der Waals surface area contributed by atoms with E-state index in [0.717, 1.165) is 35.8 Å². The predicted octanol–water partition coefficient (Wildman–Crippen LogP) is 1.71. The smallest absolute Gasteiger partial charge is 0.137 e. The van der Waals surface area contributed by atoms with E-state index >= 15 is 0 Å². The van der Waals surface area contributed by atoms with Gasteiger partial charge in [-0.05, 0) is 32.9 Å². The van der Waals surface area contributed by atoms with Crippen molar-refractivity contribution < 1.29 is 9.47 Å². The molecule has 0 rings (SSSR count). The van der Waals surface area contributed by atoms with Gasteiger partial charge in [0.15, 0.2) is 0 Å². The lowest BCUT2D eigenvalue weighted by atomic mass is 10.2. The Morgan fingerprint density at radius 3 is 2.20 bits per heavy atom. The molecule has 0 aliphatic heterocycles. The molecule has 90 valence electrons. The maximum Gasteiger partial charge on any atom is 0.137 e. The van der Waals surface area contributed by atoms with Crippen molar-refractivity contribution in [1.82, 2.24) is 5.32 Å². The van der Waals surface area contributed by atoms with Crippen LogP contribution < -0.4 is 5.32 Å². The van der Waals surface area contributed by atoms with Crippen molar-refractivity contribution in [3.63, 3.8) is 0 Å². The summed E-state index contributed by atoms with van der Waals surface area (Å²) in [6.07, 6.45) is 0. The van der Waals surface area contributed by atoms with Gasteiger partial charge in [0.1, 0.15) is 15.4 Å². The van der Waals surface area contributed by atoms with Crippen molar-refractivity contribution in [2.75, 3.05) is 26.3 Å². The molecule has 0 amide bonds. The molecule has 0 aromatic heterocycles. The van der Waals surface area contributed by atoms with E-state index in [2.05, 4.69) is 19.2 Å². The van der Waals surface area contributed by atoms with Crippen LogP contribution in [-0.2, 0) is 9.47 Å². The fourth-order valence-electron chi connectivity index (χ4n) is 1.23. The van der Waals surface area contributed by atoms with Crippen LogP contribution in [0.5, 0.6) is 0 Å². The second-order valence-corrected chi connectivity index (χ2v) is 4.85. The van der Waals surface area contributed by atoms with Crippen molar-refractivity contribution in [3.05, 3.63) is 0 Å². The molecule has 0 saturated carbocycles. The number of ether oxygens (including phenoxy) is 2. The lowest BCUT2D eigenvalue weighted by molar-refractivity contribution is -0.0829. The molecule has 3 nitrogen and oxygen atoms in total. The van der Waals surface area contributed by atoms with Crippen LogP contribution in [-0.4, -0.2) is 41.7 Å². The molecule has 0 aromatic rings. The first-order valence-corrected chi connectivity index (χ1v) is 7.20. The molecule has 0 bridgehead atoms. The zero-order valence-corrected chi connectivity index (χ0v) is 11.5. The third-order valence-electron chi connectivity index (χ3n) is 2.01. The summed E-state index contributed by atoms with van der Waals surface area (Å²) in [6, 6.07) is 1.18. The lowest BCUT2D eigenvalue weighted by Crippen LogP contribution is -2.28. The number of nitrogens with one attached hydrogen (secondary N) is 1. The van der Waals surface area contributed by atoms with Crippen LogP contribution in [0.2, 0.25) is 6.04 Å². The predicted molar refractivity (Wildman–Crippen MR) is 65.3 cm³/mol. The number of rotatable bonds is 10. The lowest BCUT2D eigenvalue weighted by Gasteiger charge is -2.18. The Labute approximate surface area is 96.7 Å². The molecule has 0 aromatic carbocycles. The van der Waals surface area contributed by atoms with Crippen LogP contribution in [0.25, 0.3) is 0 Å². The minimum absolute atomic E-state index is 0.0177. The zero-order valence-electron chi connectivity index (χ0n) is 10.5. The molecule has 1 unspecified atom stereocenters. The Balaban J connectivity index is 3.57. The molecule has 0 saturated heterocycles. The first-order valence-electron chi connectivity index (χ1n) is 5.91. The molecular formula is C11H25NO2Si. The van der Waals surface area contributed by atoms with E-state index < -0.39 is 0 Å². The minimum atomic E-state index is 0.0177. The fourth-order valence-corrected chi connectivity index (χ4v) is 2.54. The molecule has 1 N–H and O–H groups in total. The van der Waals surface area contributed by atoms with Gasteiger partial charge in [0, 0.05) is 13.2 Å². The van der Waals surface area contributed by atoms with Gasteiger partial charge >= 0.3 is 0 Å². The van der Waals surface area contributed by atoms with Crippen molar-refractivity contribution >= 4 is 9.52 Å². The third kappa shape index (κ3) is 9.05. The van der Waals surface area contributed by atoms with Crippen LogP contribution in [0.1, 0.15) is 27.7 Å². The monoisotopic (exact) mass is 231 g/mol. The molecule has 0 aliphatic carbocycles. The molecule has 0 aliphatic rings. The zero-order chi connectivity index (χ0) is 11.5.